The molecule has 2 aliphatic heterocycles. The van der Waals surface area contributed by atoms with Gasteiger partial charge in [-0.2, -0.15) is 0 Å². The number of amidine groups is 1. The minimum atomic E-state index is -1.07. The van der Waals surface area contributed by atoms with Gasteiger partial charge in [0, 0.05) is 17.4 Å². The van der Waals surface area contributed by atoms with Crippen molar-refractivity contribution >= 4 is 23.3 Å². The molecule has 0 aromatic heterocycles. The van der Waals surface area contributed by atoms with E-state index in [0.717, 1.165) is 28.2 Å². The van der Waals surface area contributed by atoms with Crippen molar-refractivity contribution in [3.05, 3.63) is 35.4 Å². The van der Waals surface area contributed by atoms with Crippen LogP contribution in [0.2, 0.25) is 0 Å². The van der Waals surface area contributed by atoms with Crippen molar-refractivity contribution in [1.29, 1.82) is 0 Å². The lowest BCUT2D eigenvalue weighted by molar-refractivity contribution is -0.0576. The van der Waals surface area contributed by atoms with E-state index in [1.807, 2.05) is 38.1 Å². The Hall–Kier alpha value is -1.74. The molecule has 1 aromatic rings. The fourth-order valence-corrected chi connectivity index (χ4v) is 2.23. The molecule has 1 radical (unpaired) electrons. The van der Waals surface area contributed by atoms with E-state index < -0.39 is 5.60 Å². The fraction of sp³-hybridized carbons (Fsp3) is 0.333. The van der Waals surface area contributed by atoms with Crippen LogP contribution in [0.15, 0.2) is 34.3 Å². The van der Waals surface area contributed by atoms with Crippen molar-refractivity contribution in [2.75, 3.05) is 0 Å². The minimum Gasteiger partial charge on any atom is -0.237 e. The Morgan fingerprint density at radius 1 is 1.28 bits per heavy atom. The van der Waals surface area contributed by atoms with Gasteiger partial charge in [-0.25, -0.2) is 15.1 Å². The second-order valence-electron chi connectivity index (χ2n) is 5.29. The van der Waals surface area contributed by atoms with Crippen LogP contribution in [0.25, 0.3) is 5.57 Å². The minimum absolute atomic E-state index is 0.0474. The van der Waals surface area contributed by atoms with Gasteiger partial charge in [0.05, 0.1) is 5.69 Å². The molecule has 0 saturated carbocycles. The van der Waals surface area contributed by atoms with Gasteiger partial charge in [0.1, 0.15) is 5.60 Å². The summed E-state index contributed by atoms with van der Waals surface area (Å²) in [6.07, 6.45) is 3.70. The molecule has 3 rings (SSSR count). The van der Waals surface area contributed by atoms with Crippen molar-refractivity contribution in [3.8, 4) is 0 Å². The molecule has 0 bridgehead atoms. The van der Waals surface area contributed by atoms with Gasteiger partial charge in [-0.1, -0.05) is 19.9 Å². The first-order valence-corrected chi connectivity index (χ1v) is 6.19. The molecule has 2 aliphatic rings. The van der Waals surface area contributed by atoms with Crippen LogP contribution in [0.4, 0.5) is 5.69 Å². The van der Waals surface area contributed by atoms with Crippen LogP contribution >= 0.6 is 0 Å². The van der Waals surface area contributed by atoms with Crippen LogP contribution in [-0.2, 0) is 10.7 Å². The average molecular weight is 239 g/mol. The molecule has 3 nitrogen and oxygen atoms in total. The lowest BCUT2D eigenvalue weighted by Gasteiger charge is -2.25. The van der Waals surface area contributed by atoms with Gasteiger partial charge in [0.15, 0.2) is 5.84 Å². The van der Waals surface area contributed by atoms with E-state index in [9.17, 15) is 5.11 Å². The Bertz CT molecular complexity index is 607. The van der Waals surface area contributed by atoms with Crippen LogP contribution in [0.3, 0.4) is 0 Å². The summed E-state index contributed by atoms with van der Waals surface area (Å²) in [6.45, 7) is 5.66. The van der Waals surface area contributed by atoms with Crippen LogP contribution < -0.4 is 0 Å². The topological polar surface area (TPSA) is 44.6 Å². The quantitative estimate of drug-likeness (QED) is 0.758. The molecule has 0 spiro atoms. The Morgan fingerprint density at radius 3 is 2.78 bits per heavy atom. The average Bonchev–Trinajstić information content (AvgIpc) is 2.87. The first-order chi connectivity index (χ1) is 8.50. The second kappa shape index (κ2) is 3.62. The van der Waals surface area contributed by atoms with Crippen LogP contribution in [0, 0.1) is 5.92 Å². The highest BCUT2D eigenvalue weighted by Gasteiger charge is 2.32. The number of fused-ring (bicyclic) bond motifs is 3. The van der Waals surface area contributed by atoms with Gasteiger partial charge in [-0.15, -0.1) is 0 Å². The van der Waals surface area contributed by atoms with Crippen LogP contribution in [0.1, 0.15) is 31.9 Å². The van der Waals surface area contributed by atoms with Gasteiger partial charge < -0.3 is 0 Å². The molecular weight excluding hydrogens is 224 g/mol. The molecule has 1 atom stereocenters. The van der Waals surface area contributed by atoms with Gasteiger partial charge in [0.25, 0.3) is 0 Å². The summed E-state index contributed by atoms with van der Waals surface area (Å²) < 4.78 is 0. The van der Waals surface area contributed by atoms with E-state index in [1.54, 1.807) is 13.1 Å². The molecule has 18 heavy (non-hydrogen) atoms. The summed E-state index contributed by atoms with van der Waals surface area (Å²) in [6, 6.07) is 5.78. The zero-order chi connectivity index (χ0) is 12.9. The van der Waals surface area contributed by atoms with E-state index in [-0.39, 0.29) is 5.92 Å². The van der Waals surface area contributed by atoms with E-state index >= 15 is 0 Å². The number of allylic oxidation sites excluding steroid dienone is 1. The molecule has 1 aromatic carbocycles. The number of aliphatic imine (C=N–C) groups is 2. The van der Waals surface area contributed by atoms with E-state index in [0.29, 0.717) is 0 Å². The Labute approximate surface area is 107 Å². The third kappa shape index (κ3) is 1.47. The van der Waals surface area contributed by atoms with Crippen molar-refractivity contribution < 1.29 is 5.11 Å². The second-order valence-corrected chi connectivity index (χ2v) is 5.29. The zero-order valence-electron chi connectivity index (χ0n) is 10.8. The highest BCUT2D eigenvalue weighted by atomic mass is 16.3. The third-order valence-corrected chi connectivity index (χ3v) is 3.87. The Kier molecular flexibility index (Phi) is 2.29. The molecule has 0 aliphatic carbocycles. The lowest BCUT2D eigenvalue weighted by Crippen LogP contribution is -2.26. The predicted octanol–water partition coefficient (Wildman–Crippen LogP) is 3.50. The molecular formula is C15H15N2O. The Morgan fingerprint density at radius 2 is 2.06 bits per heavy atom. The van der Waals surface area contributed by atoms with E-state index in [1.165, 1.54) is 0 Å². The lowest BCUT2D eigenvalue weighted by atomic mass is 9.84. The van der Waals surface area contributed by atoms with E-state index in [2.05, 4.69) is 9.98 Å². The van der Waals surface area contributed by atoms with Gasteiger partial charge >= 0.3 is 0 Å². The third-order valence-electron chi connectivity index (χ3n) is 3.87. The normalized spacial score (nSPS) is 19.4. The molecule has 0 N–H and O–H groups in total. The van der Waals surface area contributed by atoms with Crippen molar-refractivity contribution in [3.63, 3.8) is 0 Å². The maximum atomic E-state index is 12.6. The molecule has 0 saturated heterocycles. The summed E-state index contributed by atoms with van der Waals surface area (Å²) in [4.78, 5) is 8.62. The molecule has 1 unspecified atom stereocenters. The largest absolute Gasteiger partial charge is 0.237 e. The molecule has 2 heterocycles. The summed E-state index contributed by atoms with van der Waals surface area (Å²) in [5.74, 6) is 0.811. The van der Waals surface area contributed by atoms with Crippen LogP contribution in [0.5, 0.6) is 0 Å². The maximum Gasteiger partial charge on any atom is 0.160 e. The number of rotatable bonds is 2. The van der Waals surface area contributed by atoms with Gasteiger partial charge in [0.2, 0.25) is 0 Å². The Balaban J connectivity index is 2.08. The first-order valence-electron chi connectivity index (χ1n) is 6.19. The predicted molar refractivity (Wildman–Crippen MR) is 72.9 cm³/mol. The highest BCUT2D eigenvalue weighted by molar-refractivity contribution is 6.35. The van der Waals surface area contributed by atoms with Gasteiger partial charge in [-0.3, -0.25) is 0 Å². The monoisotopic (exact) mass is 239 g/mol. The maximum absolute atomic E-state index is 12.6. The zero-order valence-corrected chi connectivity index (χ0v) is 10.8. The number of hydrogen-bond donors (Lipinski definition) is 0. The summed E-state index contributed by atoms with van der Waals surface area (Å²) >= 11 is 0. The summed E-state index contributed by atoms with van der Waals surface area (Å²) in [5.41, 5.74) is 2.73. The van der Waals surface area contributed by atoms with Crippen LogP contribution in [-0.4, -0.2) is 12.1 Å². The van der Waals surface area contributed by atoms with E-state index in [4.69, 9.17) is 0 Å². The number of nitrogens with zero attached hydrogens (tertiary/aromatic N) is 2. The molecule has 91 valence electrons. The molecule has 0 fully saturated rings. The first kappa shape index (κ1) is 11.4. The standard InChI is InChI=1S/C15H15N2O/c1-9(2)15(3,18)10-4-5-13-12(8-10)11-6-7-16-14(11)17-13/h4-9H,1-3H3. The van der Waals surface area contributed by atoms with Gasteiger partial charge in [-0.05, 0) is 36.6 Å². The van der Waals surface area contributed by atoms with Crippen molar-refractivity contribution in [2.24, 2.45) is 15.9 Å². The summed E-state index contributed by atoms with van der Waals surface area (Å²) in [7, 11) is 0. The molecule has 3 heteroatoms. The summed E-state index contributed by atoms with van der Waals surface area (Å²) in [5, 5.41) is 12.6. The molecule has 0 amide bonds. The smallest absolute Gasteiger partial charge is 0.160 e. The SMILES string of the molecule is CC(C)C(C)([O])c1ccc2c(c1)C1=CC=NC1=N2. The highest BCUT2D eigenvalue weighted by Crippen LogP contribution is 2.40. The van der Waals surface area contributed by atoms with Crippen molar-refractivity contribution in [1.82, 2.24) is 0 Å². The number of hydrogen-bond acceptors (Lipinski definition) is 2. The fourth-order valence-electron chi connectivity index (χ4n) is 2.23. The number of benzene rings is 1. The van der Waals surface area contributed by atoms with Crippen molar-refractivity contribution in [2.45, 2.75) is 26.4 Å².